The standard InChI is InChI=1S/C14H23N5O2/c1-18(9-12-15-13(20)17-16-12)14(21)19-8-4-6-10-5-2-3-7-11(10)19/h10-11H,2-9H2,1H3,(H2,15,16,17,20)/t10-,11-/m0/s1. The highest BCUT2D eigenvalue weighted by molar-refractivity contribution is 5.74. The van der Waals surface area contributed by atoms with Gasteiger partial charge in [0, 0.05) is 19.6 Å². The number of piperidine rings is 1. The summed E-state index contributed by atoms with van der Waals surface area (Å²) in [6.45, 7) is 1.17. The lowest BCUT2D eigenvalue weighted by molar-refractivity contribution is 0.0670. The molecule has 0 unspecified atom stereocenters. The summed E-state index contributed by atoms with van der Waals surface area (Å²) in [6, 6.07) is 0.455. The minimum absolute atomic E-state index is 0.0513. The number of hydrogen-bond donors (Lipinski definition) is 2. The number of nitrogens with one attached hydrogen (secondary N) is 2. The van der Waals surface area contributed by atoms with Gasteiger partial charge in [-0.3, -0.25) is 4.98 Å². The molecule has 2 atom stereocenters. The Bertz CT molecular complexity index is 550. The molecular formula is C14H23N5O2. The second-order valence-corrected chi connectivity index (χ2v) is 6.21. The first-order valence-electron chi connectivity index (χ1n) is 7.80. The molecule has 0 radical (unpaired) electrons. The molecule has 7 heteroatoms. The minimum Gasteiger partial charge on any atom is -0.321 e. The predicted molar refractivity (Wildman–Crippen MR) is 77.8 cm³/mol. The third kappa shape index (κ3) is 2.96. The lowest BCUT2D eigenvalue weighted by Crippen LogP contribution is -2.53. The molecule has 2 aliphatic rings. The Kier molecular flexibility index (Phi) is 3.98. The zero-order chi connectivity index (χ0) is 14.8. The van der Waals surface area contributed by atoms with Gasteiger partial charge in [-0.2, -0.15) is 5.10 Å². The monoisotopic (exact) mass is 293 g/mol. The van der Waals surface area contributed by atoms with E-state index in [1.165, 1.54) is 25.7 Å². The van der Waals surface area contributed by atoms with Gasteiger partial charge in [0.25, 0.3) is 0 Å². The molecule has 3 rings (SSSR count). The van der Waals surface area contributed by atoms with E-state index in [9.17, 15) is 9.59 Å². The van der Waals surface area contributed by atoms with E-state index in [1.807, 2.05) is 4.90 Å². The van der Waals surface area contributed by atoms with Crippen molar-refractivity contribution in [3.63, 3.8) is 0 Å². The van der Waals surface area contributed by atoms with Crippen molar-refractivity contribution >= 4 is 6.03 Å². The number of hydrogen-bond acceptors (Lipinski definition) is 3. The van der Waals surface area contributed by atoms with Crippen molar-refractivity contribution < 1.29 is 4.79 Å². The van der Waals surface area contributed by atoms with Crippen LogP contribution in [0.15, 0.2) is 4.79 Å². The van der Waals surface area contributed by atoms with E-state index in [0.29, 0.717) is 24.3 Å². The normalized spacial score (nSPS) is 25.5. The van der Waals surface area contributed by atoms with Crippen LogP contribution in [0.1, 0.15) is 44.3 Å². The molecule has 2 N–H and O–H groups in total. The molecule has 21 heavy (non-hydrogen) atoms. The minimum atomic E-state index is -0.337. The maximum atomic E-state index is 12.7. The van der Waals surface area contributed by atoms with Crippen LogP contribution >= 0.6 is 0 Å². The van der Waals surface area contributed by atoms with E-state index >= 15 is 0 Å². The number of amides is 2. The van der Waals surface area contributed by atoms with E-state index in [-0.39, 0.29) is 11.7 Å². The van der Waals surface area contributed by atoms with Crippen molar-refractivity contribution in [3.8, 4) is 0 Å². The zero-order valence-corrected chi connectivity index (χ0v) is 12.5. The van der Waals surface area contributed by atoms with Crippen LogP contribution in [0.3, 0.4) is 0 Å². The number of rotatable bonds is 2. The molecule has 0 bridgehead atoms. The smallest absolute Gasteiger partial charge is 0.321 e. The number of carbonyl (C=O) groups is 1. The summed E-state index contributed by atoms with van der Waals surface area (Å²) in [5.74, 6) is 1.17. The summed E-state index contributed by atoms with van der Waals surface area (Å²) in [5.41, 5.74) is -0.337. The van der Waals surface area contributed by atoms with Crippen LogP contribution in [0, 0.1) is 5.92 Å². The number of likely N-dealkylation sites (tertiary alicyclic amines) is 1. The van der Waals surface area contributed by atoms with Gasteiger partial charge >= 0.3 is 11.7 Å². The molecule has 1 aromatic rings. The van der Waals surface area contributed by atoms with Crippen LogP contribution < -0.4 is 5.69 Å². The lowest BCUT2D eigenvalue weighted by Gasteiger charge is -2.45. The highest BCUT2D eigenvalue weighted by atomic mass is 16.2. The first-order valence-corrected chi connectivity index (χ1v) is 7.80. The van der Waals surface area contributed by atoms with Gasteiger partial charge in [0.2, 0.25) is 0 Å². The second-order valence-electron chi connectivity index (χ2n) is 6.21. The molecule has 7 nitrogen and oxygen atoms in total. The molecule has 0 aromatic carbocycles. The third-order valence-electron chi connectivity index (χ3n) is 4.75. The van der Waals surface area contributed by atoms with Gasteiger partial charge in [-0.1, -0.05) is 12.8 Å². The van der Waals surface area contributed by atoms with Gasteiger partial charge in [-0.25, -0.2) is 14.7 Å². The van der Waals surface area contributed by atoms with Crippen molar-refractivity contribution in [1.82, 2.24) is 25.0 Å². The largest absolute Gasteiger partial charge is 0.340 e. The molecule has 1 saturated heterocycles. The Morgan fingerprint density at radius 3 is 2.86 bits per heavy atom. The molecule has 116 valence electrons. The summed E-state index contributed by atoms with van der Waals surface area (Å²) in [5, 5.41) is 6.18. The molecule has 2 heterocycles. The number of nitrogens with zero attached hydrogens (tertiary/aromatic N) is 3. The first kappa shape index (κ1) is 14.2. The number of aromatic nitrogens is 3. The van der Waals surface area contributed by atoms with E-state index in [1.54, 1.807) is 11.9 Å². The summed E-state index contributed by atoms with van der Waals surface area (Å²) in [7, 11) is 1.77. The predicted octanol–water partition coefficient (Wildman–Crippen LogP) is 1.30. The van der Waals surface area contributed by atoms with Crippen LogP contribution in [-0.4, -0.2) is 50.6 Å². The maximum Gasteiger partial charge on any atom is 0.340 e. The lowest BCUT2D eigenvalue weighted by atomic mass is 9.78. The fraction of sp³-hybridized carbons (Fsp3) is 0.786. The number of H-pyrrole nitrogens is 2. The summed E-state index contributed by atoms with van der Waals surface area (Å²) < 4.78 is 0. The summed E-state index contributed by atoms with van der Waals surface area (Å²) in [6.07, 6.45) is 7.26. The molecule has 1 aliphatic carbocycles. The van der Waals surface area contributed by atoms with Crippen LogP contribution in [0.25, 0.3) is 0 Å². The zero-order valence-electron chi connectivity index (χ0n) is 12.5. The molecule has 2 amide bonds. The topological polar surface area (TPSA) is 85.1 Å². The van der Waals surface area contributed by atoms with E-state index in [4.69, 9.17) is 0 Å². The van der Waals surface area contributed by atoms with Gasteiger partial charge in [0.05, 0.1) is 6.54 Å². The van der Waals surface area contributed by atoms with E-state index in [0.717, 1.165) is 19.4 Å². The molecule has 0 spiro atoms. The van der Waals surface area contributed by atoms with Gasteiger partial charge in [-0.15, -0.1) is 0 Å². The molecular weight excluding hydrogens is 270 g/mol. The Hall–Kier alpha value is -1.79. The summed E-state index contributed by atoms with van der Waals surface area (Å²) in [4.78, 5) is 30.0. The average molecular weight is 293 g/mol. The fourth-order valence-electron chi connectivity index (χ4n) is 3.75. The Morgan fingerprint density at radius 2 is 2.10 bits per heavy atom. The van der Waals surface area contributed by atoms with Crippen LogP contribution in [0.2, 0.25) is 0 Å². The van der Waals surface area contributed by atoms with Crippen molar-refractivity contribution in [2.45, 2.75) is 51.1 Å². The number of fused-ring (bicyclic) bond motifs is 1. The average Bonchev–Trinajstić information content (AvgIpc) is 2.91. The molecule has 1 aromatic heterocycles. The van der Waals surface area contributed by atoms with Crippen LogP contribution in [0.4, 0.5) is 4.79 Å². The Labute approximate surface area is 123 Å². The van der Waals surface area contributed by atoms with Gasteiger partial charge < -0.3 is 9.80 Å². The quantitative estimate of drug-likeness (QED) is 0.862. The highest BCUT2D eigenvalue weighted by Crippen LogP contribution is 2.35. The fourth-order valence-corrected chi connectivity index (χ4v) is 3.75. The highest BCUT2D eigenvalue weighted by Gasteiger charge is 2.36. The first-order chi connectivity index (χ1) is 10.1. The maximum absolute atomic E-state index is 12.7. The second kappa shape index (κ2) is 5.91. The third-order valence-corrected chi connectivity index (χ3v) is 4.75. The van der Waals surface area contributed by atoms with Crippen LogP contribution in [0.5, 0.6) is 0 Å². The van der Waals surface area contributed by atoms with Crippen LogP contribution in [-0.2, 0) is 6.54 Å². The van der Waals surface area contributed by atoms with Crippen molar-refractivity contribution in [3.05, 3.63) is 16.3 Å². The molecule has 2 fully saturated rings. The van der Waals surface area contributed by atoms with Gasteiger partial charge in [0.1, 0.15) is 0 Å². The van der Waals surface area contributed by atoms with Crippen molar-refractivity contribution in [1.29, 1.82) is 0 Å². The molecule has 1 aliphatic heterocycles. The number of urea groups is 1. The van der Waals surface area contributed by atoms with Crippen molar-refractivity contribution in [2.24, 2.45) is 5.92 Å². The number of carbonyl (C=O) groups excluding carboxylic acids is 1. The van der Waals surface area contributed by atoms with E-state index in [2.05, 4.69) is 15.2 Å². The Morgan fingerprint density at radius 1 is 1.33 bits per heavy atom. The number of aromatic amines is 2. The Balaban J connectivity index is 1.66. The molecule has 1 saturated carbocycles. The summed E-state index contributed by atoms with van der Waals surface area (Å²) >= 11 is 0. The van der Waals surface area contributed by atoms with Crippen molar-refractivity contribution in [2.75, 3.05) is 13.6 Å². The van der Waals surface area contributed by atoms with Gasteiger partial charge in [0.15, 0.2) is 5.82 Å². The van der Waals surface area contributed by atoms with E-state index < -0.39 is 0 Å². The SMILES string of the molecule is CN(Cc1n[nH]c(=O)[nH]1)C(=O)N1CCC[C@@H]2CCCC[C@@H]21. The van der Waals surface area contributed by atoms with Gasteiger partial charge in [-0.05, 0) is 31.6 Å².